The van der Waals surface area contributed by atoms with Gasteiger partial charge in [0.25, 0.3) is 5.91 Å². The lowest BCUT2D eigenvalue weighted by atomic mass is 9.72. The molecular weight excluding hydrogens is 527 g/mol. The van der Waals surface area contributed by atoms with Crippen LogP contribution in [0.3, 0.4) is 0 Å². The molecule has 3 heterocycles. The number of benzene rings is 3. The summed E-state index contributed by atoms with van der Waals surface area (Å²) < 4.78 is 0. The second-order valence-corrected chi connectivity index (χ2v) is 10.8. The number of halogens is 2. The quantitative estimate of drug-likeness (QED) is 0.361. The van der Waals surface area contributed by atoms with E-state index in [-0.39, 0.29) is 30.7 Å². The van der Waals surface area contributed by atoms with Crippen molar-refractivity contribution in [3.05, 3.63) is 95.6 Å². The van der Waals surface area contributed by atoms with Gasteiger partial charge in [-0.3, -0.25) is 9.69 Å². The van der Waals surface area contributed by atoms with Crippen molar-refractivity contribution in [2.24, 2.45) is 0 Å². The van der Waals surface area contributed by atoms with Crippen molar-refractivity contribution >= 4 is 42.1 Å². The van der Waals surface area contributed by atoms with Crippen LogP contribution in [0.4, 0.5) is 11.4 Å². The van der Waals surface area contributed by atoms with Gasteiger partial charge in [0.2, 0.25) is 0 Å². The number of carbonyl (C=O) groups excluding carboxylic acids is 1. The van der Waals surface area contributed by atoms with E-state index in [0.29, 0.717) is 0 Å². The molecular formula is C32H40Cl2N4O. The molecule has 3 aliphatic rings. The van der Waals surface area contributed by atoms with E-state index in [1.54, 1.807) is 0 Å². The van der Waals surface area contributed by atoms with Crippen LogP contribution in [-0.2, 0) is 10.2 Å². The monoisotopic (exact) mass is 566 g/mol. The Kier molecular flexibility index (Phi) is 9.60. The van der Waals surface area contributed by atoms with Gasteiger partial charge in [-0.1, -0.05) is 73.2 Å². The summed E-state index contributed by atoms with van der Waals surface area (Å²) in [5.74, 6) is 0.223. The molecule has 5 nitrogen and oxygen atoms in total. The molecule has 1 atom stereocenters. The van der Waals surface area contributed by atoms with E-state index in [9.17, 15) is 4.79 Å². The van der Waals surface area contributed by atoms with Gasteiger partial charge >= 0.3 is 0 Å². The first-order valence-corrected chi connectivity index (χ1v) is 14.0. The summed E-state index contributed by atoms with van der Waals surface area (Å²) in [5.41, 5.74) is 5.39. The first-order valence-electron chi connectivity index (χ1n) is 14.0. The van der Waals surface area contributed by atoms with Crippen LogP contribution in [0.5, 0.6) is 0 Å². The summed E-state index contributed by atoms with van der Waals surface area (Å²) in [5, 5.41) is 4.34. The highest BCUT2D eigenvalue weighted by molar-refractivity contribution is 6.09. The number of para-hydroxylation sites is 2. The number of piperidine rings is 1. The second-order valence-electron chi connectivity index (χ2n) is 10.8. The summed E-state index contributed by atoms with van der Waals surface area (Å²) in [6, 6.07) is 27.7. The molecule has 39 heavy (non-hydrogen) atoms. The Hall–Kier alpha value is -2.57. The molecule has 2 saturated heterocycles. The zero-order valence-electron chi connectivity index (χ0n) is 22.8. The zero-order valence-corrected chi connectivity index (χ0v) is 24.4. The van der Waals surface area contributed by atoms with E-state index in [2.05, 4.69) is 101 Å². The first kappa shape index (κ1) is 29.4. The number of rotatable bonds is 6. The highest BCUT2D eigenvalue weighted by Crippen LogP contribution is 2.49. The molecule has 2 fully saturated rings. The number of nitrogens with zero attached hydrogens (tertiary/aromatic N) is 4. The van der Waals surface area contributed by atoms with Crippen molar-refractivity contribution in [2.45, 2.75) is 38.0 Å². The molecule has 0 bridgehead atoms. The van der Waals surface area contributed by atoms with Gasteiger partial charge in [0, 0.05) is 45.0 Å². The van der Waals surface area contributed by atoms with Gasteiger partial charge in [0.15, 0.2) is 0 Å². The van der Waals surface area contributed by atoms with Crippen LogP contribution in [0.25, 0.3) is 0 Å². The highest BCUT2D eigenvalue weighted by atomic mass is 35.5. The molecule has 0 N–H and O–H groups in total. The third-order valence-electron chi connectivity index (χ3n) is 8.66. The van der Waals surface area contributed by atoms with Crippen LogP contribution in [0.2, 0.25) is 0 Å². The van der Waals surface area contributed by atoms with Crippen molar-refractivity contribution in [3.63, 3.8) is 0 Å². The summed E-state index contributed by atoms with van der Waals surface area (Å²) in [7, 11) is 0. The molecule has 0 saturated carbocycles. The molecule has 1 amide bonds. The molecule has 3 aliphatic heterocycles. The normalized spacial score (nSPS) is 21.7. The first-order chi connectivity index (χ1) is 18.2. The van der Waals surface area contributed by atoms with Crippen molar-refractivity contribution in [1.29, 1.82) is 0 Å². The van der Waals surface area contributed by atoms with Gasteiger partial charge < -0.3 is 4.90 Å². The largest absolute Gasteiger partial charge is 0.369 e. The Morgan fingerprint density at radius 1 is 0.692 bits per heavy atom. The molecule has 208 valence electrons. The van der Waals surface area contributed by atoms with Crippen LogP contribution in [0, 0.1) is 6.92 Å². The van der Waals surface area contributed by atoms with Gasteiger partial charge in [-0.25, -0.2) is 10.0 Å². The van der Waals surface area contributed by atoms with Gasteiger partial charge in [0.1, 0.15) is 5.41 Å². The Balaban J connectivity index is 0.00000176. The van der Waals surface area contributed by atoms with Gasteiger partial charge in [-0.2, -0.15) is 0 Å². The predicted molar refractivity (Wildman–Crippen MR) is 166 cm³/mol. The van der Waals surface area contributed by atoms with E-state index in [0.717, 1.165) is 81.9 Å². The Bertz CT molecular complexity index is 1240. The van der Waals surface area contributed by atoms with Gasteiger partial charge in [0.05, 0.1) is 5.69 Å². The zero-order chi connectivity index (χ0) is 25.2. The van der Waals surface area contributed by atoms with Crippen LogP contribution in [0.15, 0.2) is 78.9 Å². The minimum absolute atomic E-state index is 0. The van der Waals surface area contributed by atoms with Crippen molar-refractivity contribution < 1.29 is 4.79 Å². The van der Waals surface area contributed by atoms with Crippen molar-refractivity contribution in [2.75, 3.05) is 55.7 Å². The number of hydrazine groups is 1. The second kappa shape index (κ2) is 12.7. The molecule has 0 aromatic heterocycles. The molecule has 1 unspecified atom stereocenters. The summed E-state index contributed by atoms with van der Waals surface area (Å²) in [6.07, 6.45) is 4.34. The lowest BCUT2D eigenvalue weighted by molar-refractivity contribution is -0.125. The Morgan fingerprint density at radius 3 is 2.00 bits per heavy atom. The van der Waals surface area contributed by atoms with E-state index in [1.165, 1.54) is 17.7 Å². The number of carbonyl (C=O) groups is 1. The standard InChI is InChI=1S/C32H38N4O.2ClH/c1-26-12-6-8-16-29(26)34-24-22-33(23-25-34)21-18-32(27-13-4-2-5-14-27)28-15-7-9-17-30(28)36(31(32)37)35-19-10-3-11-20-35;;/h2,4-9,12-17H,3,10-11,18-25H2,1H3;2*1H. The number of hydrogen-bond acceptors (Lipinski definition) is 4. The fourth-order valence-electron chi connectivity index (χ4n) is 6.63. The number of hydrogen-bond donors (Lipinski definition) is 0. The number of aryl methyl sites for hydroxylation is 1. The van der Waals surface area contributed by atoms with Crippen molar-refractivity contribution in [1.82, 2.24) is 9.91 Å². The summed E-state index contributed by atoms with van der Waals surface area (Å²) in [6.45, 7) is 9.08. The Morgan fingerprint density at radius 2 is 1.31 bits per heavy atom. The fraction of sp³-hybridized carbons (Fsp3) is 0.406. The third-order valence-corrected chi connectivity index (χ3v) is 8.66. The highest BCUT2D eigenvalue weighted by Gasteiger charge is 2.53. The number of piperazine rings is 1. The third kappa shape index (κ3) is 5.43. The van der Waals surface area contributed by atoms with E-state index in [4.69, 9.17) is 0 Å². The topological polar surface area (TPSA) is 30.0 Å². The van der Waals surface area contributed by atoms with Crippen molar-refractivity contribution in [3.8, 4) is 0 Å². The molecule has 0 radical (unpaired) electrons. The molecule has 6 rings (SSSR count). The van der Waals surface area contributed by atoms with Gasteiger partial charge in [-0.05, 0) is 61.6 Å². The predicted octanol–water partition coefficient (Wildman–Crippen LogP) is 6.08. The fourth-order valence-corrected chi connectivity index (χ4v) is 6.63. The van der Waals surface area contributed by atoms with Crippen LogP contribution in [-0.4, -0.2) is 61.6 Å². The maximum atomic E-state index is 14.6. The van der Waals surface area contributed by atoms with Gasteiger partial charge in [-0.15, -0.1) is 24.8 Å². The summed E-state index contributed by atoms with van der Waals surface area (Å²) >= 11 is 0. The SMILES string of the molecule is Cc1ccccc1N1CCN(CCC2(c3ccccc3)C(=O)N(N3CCCCC3)c3ccccc32)CC1.Cl.Cl. The van der Waals surface area contributed by atoms with E-state index in [1.807, 2.05) is 5.01 Å². The lowest BCUT2D eigenvalue weighted by Gasteiger charge is -2.39. The summed E-state index contributed by atoms with van der Waals surface area (Å²) in [4.78, 5) is 19.7. The minimum Gasteiger partial charge on any atom is -0.369 e. The smallest absolute Gasteiger partial charge is 0.256 e. The number of fused-ring (bicyclic) bond motifs is 1. The lowest BCUT2D eigenvalue weighted by Crippen LogP contribution is -2.53. The van der Waals surface area contributed by atoms with Crippen LogP contribution in [0.1, 0.15) is 42.4 Å². The van der Waals surface area contributed by atoms with Crippen LogP contribution >= 0.6 is 24.8 Å². The average molecular weight is 568 g/mol. The number of anilines is 2. The minimum atomic E-state index is -0.650. The van der Waals surface area contributed by atoms with E-state index < -0.39 is 5.41 Å². The Labute approximate surface area is 245 Å². The molecule has 3 aromatic rings. The molecule has 7 heteroatoms. The number of amides is 1. The molecule has 3 aromatic carbocycles. The average Bonchev–Trinajstić information content (AvgIpc) is 3.21. The molecule has 0 spiro atoms. The molecule has 0 aliphatic carbocycles. The van der Waals surface area contributed by atoms with Crippen LogP contribution < -0.4 is 9.91 Å². The van der Waals surface area contributed by atoms with E-state index >= 15 is 0 Å². The maximum Gasteiger partial charge on any atom is 0.256 e. The maximum absolute atomic E-state index is 14.6.